The van der Waals surface area contributed by atoms with Gasteiger partial charge in [0.2, 0.25) is 5.91 Å². The van der Waals surface area contributed by atoms with Crippen molar-refractivity contribution in [3.63, 3.8) is 0 Å². The molecule has 3 heterocycles. The van der Waals surface area contributed by atoms with Crippen LogP contribution in [0.4, 0.5) is 0 Å². The molecule has 2 aromatic rings. The van der Waals surface area contributed by atoms with Crippen molar-refractivity contribution in [2.45, 2.75) is 32.4 Å². The Balaban J connectivity index is 1.46. The van der Waals surface area contributed by atoms with Crippen LogP contribution in [0.1, 0.15) is 29.7 Å². The number of carbonyl (C=O) groups is 1. The van der Waals surface area contributed by atoms with Crippen molar-refractivity contribution in [3.05, 3.63) is 63.9 Å². The van der Waals surface area contributed by atoms with Crippen LogP contribution in [0.15, 0.2) is 47.1 Å². The highest BCUT2D eigenvalue weighted by Crippen LogP contribution is 2.38. The number of fused-ring (bicyclic) bond motifs is 1. The molecule has 1 aromatic carbocycles. The number of aromatic nitrogens is 1. The molecule has 0 radical (unpaired) electrons. The molecule has 1 saturated heterocycles. The Hall–Kier alpha value is -1.72. The second-order valence-electron chi connectivity index (χ2n) is 7.15. The number of rotatable bonds is 2. The Morgan fingerprint density at radius 1 is 1.12 bits per heavy atom. The highest BCUT2D eigenvalue weighted by molar-refractivity contribution is 9.10. The van der Waals surface area contributed by atoms with Crippen LogP contribution in [0.25, 0.3) is 0 Å². The van der Waals surface area contributed by atoms with Crippen LogP contribution in [-0.4, -0.2) is 28.9 Å². The quantitative estimate of drug-likeness (QED) is 0.842. The molecule has 0 atom stereocenters. The summed E-state index contributed by atoms with van der Waals surface area (Å²) in [7, 11) is 0. The second kappa shape index (κ2) is 6.89. The molecule has 1 amide bonds. The van der Waals surface area contributed by atoms with Crippen LogP contribution < -0.4 is 5.32 Å². The van der Waals surface area contributed by atoms with Crippen LogP contribution in [0.3, 0.4) is 0 Å². The molecule has 0 unspecified atom stereocenters. The predicted octanol–water partition coefficient (Wildman–Crippen LogP) is 3.30. The minimum Gasteiger partial charge on any atom is -0.352 e. The summed E-state index contributed by atoms with van der Waals surface area (Å²) in [5.41, 5.74) is 3.41. The molecule has 2 aliphatic heterocycles. The SMILES string of the molecule is O=C1NCc2ccccc2CC12CCN(Cc1ccc(Br)cn1)CC2. The number of likely N-dealkylation sites (tertiary alicyclic amines) is 1. The minimum atomic E-state index is -0.254. The topological polar surface area (TPSA) is 45.2 Å². The second-order valence-corrected chi connectivity index (χ2v) is 8.07. The number of nitrogens with one attached hydrogen (secondary N) is 1. The summed E-state index contributed by atoms with van der Waals surface area (Å²) in [6, 6.07) is 12.5. The highest BCUT2D eigenvalue weighted by atomic mass is 79.9. The zero-order valence-electron chi connectivity index (χ0n) is 14.2. The molecule has 2 aliphatic rings. The van der Waals surface area contributed by atoms with Crippen molar-refractivity contribution in [2.24, 2.45) is 5.41 Å². The van der Waals surface area contributed by atoms with E-state index >= 15 is 0 Å². The van der Waals surface area contributed by atoms with Gasteiger partial charge in [0.25, 0.3) is 0 Å². The molecule has 130 valence electrons. The van der Waals surface area contributed by atoms with Crippen LogP contribution >= 0.6 is 15.9 Å². The Bertz CT molecular complexity index is 767. The fraction of sp³-hybridized carbons (Fsp3) is 0.400. The molecule has 25 heavy (non-hydrogen) atoms. The van der Waals surface area contributed by atoms with Crippen LogP contribution in [0.5, 0.6) is 0 Å². The maximum Gasteiger partial charge on any atom is 0.226 e. The van der Waals surface area contributed by atoms with Crippen LogP contribution in [0, 0.1) is 5.41 Å². The molecule has 4 rings (SSSR count). The third-order valence-corrected chi connectivity index (χ3v) is 6.02. The standard InChI is InChI=1S/C20H22BrN3O/c21-17-5-6-18(22-13-17)14-24-9-7-20(8-10-24)11-15-3-1-2-4-16(15)12-23-19(20)25/h1-6,13H,7-12,14H2,(H,23,25). The van der Waals surface area contributed by atoms with E-state index in [1.807, 2.05) is 12.3 Å². The van der Waals surface area contributed by atoms with Gasteiger partial charge in [0.1, 0.15) is 0 Å². The average Bonchev–Trinajstić information content (AvgIpc) is 2.77. The van der Waals surface area contributed by atoms with Gasteiger partial charge in [-0.25, -0.2) is 0 Å². The monoisotopic (exact) mass is 399 g/mol. The number of pyridine rings is 1. The predicted molar refractivity (Wildman–Crippen MR) is 101 cm³/mol. The normalized spacial score (nSPS) is 20.0. The first-order valence-electron chi connectivity index (χ1n) is 8.83. The molecule has 1 fully saturated rings. The van der Waals surface area contributed by atoms with Gasteiger partial charge in [0, 0.05) is 23.8 Å². The van der Waals surface area contributed by atoms with Gasteiger partial charge >= 0.3 is 0 Å². The summed E-state index contributed by atoms with van der Waals surface area (Å²) < 4.78 is 1.00. The number of benzene rings is 1. The third kappa shape index (κ3) is 3.48. The maximum absolute atomic E-state index is 12.8. The van der Waals surface area contributed by atoms with Gasteiger partial charge in [-0.3, -0.25) is 14.7 Å². The summed E-state index contributed by atoms with van der Waals surface area (Å²) in [4.78, 5) is 19.7. The minimum absolute atomic E-state index is 0.227. The van der Waals surface area contributed by atoms with E-state index in [9.17, 15) is 4.79 Å². The van der Waals surface area contributed by atoms with Crippen LogP contribution in [0.2, 0.25) is 0 Å². The first-order chi connectivity index (χ1) is 12.1. The molecule has 5 heteroatoms. The molecular formula is C20H22BrN3O. The Kier molecular flexibility index (Phi) is 4.61. The van der Waals surface area contributed by atoms with E-state index in [-0.39, 0.29) is 11.3 Å². The Morgan fingerprint density at radius 2 is 1.88 bits per heavy atom. The smallest absolute Gasteiger partial charge is 0.226 e. The molecule has 1 spiro atoms. The molecule has 0 bridgehead atoms. The van der Waals surface area contributed by atoms with Crippen molar-refractivity contribution >= 4 is 21.8 Å². The third-order valence-electron chi connectivity index (χ3n) is 5.56. The van der Waals surface area contributed by atoms with Gasteiger partial charge in [-0.05, 0) is 71.5 Å². The van der Waals surface area contributed by atoms with Gasteiger partial charge in [0.05, 0.1) is 11.1 Å². The zero-order valence-corrected chi connectivity index (χ0v) is 15.8. The summed E-state index contributed by atoms with van der Waals surface area (Å²) in [6.07, 6.45) is 4.52. The van der Waals surface area contributed by atoms with E-state index in [0.29, 0.717) is 6.54 Å². The average molecular weight is 400 g/mol. The van der Waals surface area contributed by atoms with Crippen molar-refractivity contribution in [1.29, 1.82) is 0 Å². The lowest BCUT2D eigenvalue weighted by molar-refractivity contribution is -0.133. The van der Waals surface area contributed by atoms with Gasteiger partial charge < -0.3 is 5.32 Å². The number of amides is 1. The van der Waals surface area contributed by atoms with Crippen molar-refractivity contribution in [2.75, 3.05) is 13.1 Å². The van der Waals surface area contributed by atoms with E-state index in [4.69, 9.17) is 0 Å². The number of halogens is 1. The van der Waals surface area contributed by atoms with E-state index in [1.54, 1.807) is 0 Å². The number of hydrogen-bond donors (Lipinski definition) is 1. The summed E-state index contributed by atoms with van der Waals surface area (Å²) in [6.45, 7) is 3.38. The maximum atomic E-state index is 12.8. The van der Waals surface area contributed by atoms with Crippen molar-refractivity contribution < 1.29 is 4.79 Å². The van der Waals surface area contributed by atoms with E-state index in [1.165, 1.54) is 11.1 Å². The number of hydrogen-bond acceptors (Lipinski definition) is 3. The van der Waals surface area contributed by atoms with Crippen LogP contribution in [-0.2, 0) is 24.3 Å². The zero-order chi connectivity index (χ0) is 17.3. The first-order valence-corrected chi connectivity index (χ1v) is 9.62. The first kappa shape index (κ1) is 16.7. The van der Waals surface area contributed by atoms with E-state index in [0.717, 1.165) is 49.1 Å². The molecule has 0 aliphatic carbocycles. The van der Waals surface area contributed by atoms with Crippen molar-refractivity contribution in [1.82, 2.24) is 15.2 Å². The molecule has 0 saturated carbocycles. The fourth-order valence-corrected chi connectivity index (χ4v) is 4.22. The lowest BCUT2D eigenvalue weighted by Crippen LogP contribution is -2.48. The van der Waals surface area contributed by atoms with Crippen molar-refractivity contribution in [3.8, 4) is 0 Å². The number of nitrogens with zero attached hydrogens (tertiary/aromatic N) is 2. The largest absolute Gasteiger partial charge is 0.352 e. The van der Waals surface area contributed by atoms with Gasteiger partial charge in [-0.1, -0.05) is 24.3 Å². The molecule has 1 aromatic heterocycles. The van der Waals surface area contributed by atoms with E-state index < -0.39 is 0 Å². The molecule has 1 N–H and O–H groups in total. The highest BCUT2D eigenvalue weighted by Gasteiger charge is 2.42. The van der Waals surface area contributed by atoms with Gasteiger partial charge in [0.15, 0.2) is 0 Å². The summed E-state index contributed by atoms with van der Waals surface area (Å²) in [5.74, 6) is 0.227. The lowest BCUT2D eigenvalue weighted by Gasteiger charge is -2.40. The summed E-state index contributed by atoms with van der Waals surface area (Å²) >= 11 is 3.43. The summed E-state index contributed by atoms with van der Waals surface area (Å²) in [5, 5.41) is 3.16. The number of carbonyl (C=O) groups excluding carboxylic acids is 1. The Labute approximate surface area is 156 Å². The molecule has 4 nitrogen and oxygen atoms in total. The number of piperidine rings is 1. The van der Waals surface area contributed by atoms with E-state index in [2.05, 4.69) is 61.5 Å². The molecular weight excluding hydrogens is 378 g/mol. The van der Waals surface area contributed by atoms with Gasteiger partial charge in [-0.15, -0.1) is 0 Å². The Morgan fingerprint density at radius 3 is 2.60 bits per heavy atom. The van der Waals surface area contributed by atoms with Gasteiger partial charge in [-0.2, -0.15) is 0 Å². The lowest BCUT2D eigenvalue weighted by atomic mass is 9.73. The fourth-order valence-electron chi connectivity index (χ4n) is 3.98.